The highest BCUT2D eigenvalue weighted by Gasteiger charge is 2.29. The van der Waals surface area contributed by atoms with Crippen molar-refractivity contribution < 1.29 is 22.9 Å². The molecule has 0 saturated heterocycles. The molecule has 10 heteroatoms. The molecule has 0 aliphatic heterocycles. The molecule has 24 heavy (non-hydrogen) atoms. The summed E-state index contributed by atoms with van der Waals surface area (Å²) in [6.45, 7) is 6.85. The van der Waals surface area contributed by atoms with E-state index in [2.05, 4.69) is 0 Å². The topological polar surface area (TPSA) is 133 Å². The van der Waals surface area contributed by atoms with Crippen LogP contribution < -0.4 is 10.0 Å². The van der Waals surface area contributed by atoms with E-state index in [1.165, 1.54) is 0 Å². The molecule has 1 rings (SSSR count). The Bertz CT molecular complexity index is 739. The summed E-state index contributed by atoms with van der Waals surface area (Å²) in [5.41, 5.74) is -1.35. The number of nitro groups is 1. The van der Waals surface area contributed by atoms with Gasteiger partial charge in [0.05, 0.1) is 10.6 Å². The first-order chi connectivity index (χ1) is 10.9. The van der Waals surface area contributed by atoms with E-state index in [9.17, 15) is 23.3 Å². The summed E-state index contributed by atoms with van der Waals surface area (Å²) in [7, 11) is -4.19. The molecule has 9 nitrogen and oxygen atoms in total. The number of carbonyl (C=O) groups excluding carboxylic acids is 1. The van der Waals surface area contributed by atoms with Crippen LogP contribution in [-0.2, 0) is 14.8 Å². The monoisotopic (exact) mass is 359 g/mol. The van der Waals surface area contributed by atoms with Gasteiger partial charge < -0.3 is 4.74 Å². The van der Waals surface area contributed by atoms with Crippen molar-refractivity contribution in [1.29, 1.82) is 0 Å². The molecule has 0 aliphatic carbocycles. The fourth-order valence-corrected chi connectivity index (χ4v) is 2.64. The van der Waals surface area contributed by atoms with E-state index in [4.69, 9.17) is 9.88 Å². The predicted molar refractivity (Wildman–Crippen MR) is 88.3 cm³/mol. The number of hydrogen-bond acceptors (Lipinski definition) is 6. The number of rotatable bonds is 5. The molecule has 0 saturated carbocycles. The summed E-state index contributed by atoms with van der Waals surface area (Å²) in [4.78, 5) is 23.4. The molecule has 0 fully saturated rings. The van der Waals surface area contributed by atoms with Gasteiger partial charge in [-0.2, -0.15) is 0 Å². The van der Waals surface area contributed by atoms with Gasteiger partial charge in [0.15, 0.2) is 0 Å². The normalized spacial score (nSPS) is 11.9. The largest absolute Gasteiger partial charge is 0.443 e. The average Bonchev–Trinajstić information content (AvgIpc) is 2.41. The van der Waals surface area contributed by atoms with Crippen molar-refractivity contribution in [3.63, 3.8) is 0 Å². The van der Waals surface area contributed by atoms with E-state index in [1.807, 2.05) is 0 Å². The predicted octanol–water partition coefficient (Wildman–Crippen LogP) is 2.39. The lowest BCUT2D eigenvalue weighted by Crippen LogP contribution is -2.38. The van der Waals surface area contributed by atoms with Gasteiger partial charge in [-0.3, -0.25) is 15.0 Å². The maximum absolute atomic E-state index is 12.4. The Morgan fingerprint density at radius 2 is 1.96 bits per heavy atom. The van der Waals surface area contributed by atoms with Gasteiger partial charge in [0, 0.05) is 18.7 Å². The van der Waals surface area contributed by atoms with Gasteiger partial charge >= 0.3 is 6.09 Å². The smallest absolute Gasteiger partial charge is 0.414 e. The minimum absolute atomic E-state index is 0.110. The number of primary sulfonamides is 1. The van der Waals surface area contributed by atoms with Crippen LogP contribution in [0.4, 0.5) is 16.2 Å². The molecule has 0 bridgehead atoms. The van der Waals surface area contributed by atoms with Crippen molar-refractivity contribution >= 4 is 27.5 Å². The van der Waals surface area contributed by atoms with Gasteiger partial charge in [0.1, 0.15) is 10.5 Å². The lowest BCUT2D eigenvalue weighted by molar-refractivity contribution is -0.384. The highest BCUT2D eigenvalue weighted by atomic mass is 32.2. The first-order valence-electron chi connectivity index (χ1n) is 7.18. The Morgan fingerprint density at radius 1 is 1.38 bits per heavy atom. The number of nitro benzene ring substituents is 1. The summed E-state index contributed by atoms with van der Waals surface area (Å²) in [5, 5.41) is 16.2. The maximum Gasteiger partial charge on any atom is 0.414 e. The average molecular weight is 359 g/mol. The lowest BCUT2D eigenvalue weighted by atomic mass is 10.2. The zero-order chi connectivity index (χ0) is 18.7. The zero-order valence-electron chi connectivity index (χ0n) is 14.0. The van der Waals surface area contributed by atoms with Crippen LogP contribution in [0, 0.1) is 10.1 Å². The highest BCUT2D eigenvalue weighted by molar-refractivity contribution is 7.89. The molecule has 0 heterocycles. The molecular formula is C14H21N3O6S. The Hall–Kier alpha value is -2.20. The molecule has 1 amide bonds. The van der Waals surface area contributed by atoms with Crippen LogP contribution >= 0.6 is 0 Å². The number of sulfonamides is 1. The van der Waals surface area contributed by atoms with Gasteiger partial charge in [0.25, 0.3) is 5.69 Å². The summed E-state index contributed by atoms with van der Waals surface area (Å²) in [6.07, 6.45) is -0.332. The Morgan fingerprint density at radius 3 is 2.38 bits per heavy atom. The van der Waals surface area contributed by atoms with Crippen molar-refractivity contribution in [2.75, 3.05) is 11.4 Å². The number of hydrogen-bond donors (Lipinski definition) is 1. The minimum Gasteiger partial charge on any atom is -0.443 e. The molecular weight excluding hydrogens is 338 g/mol. The van der Waals surface area contributed by atoms with Gasteiger partial charge in [-0.15, -0.1) is 0 Å². The number of ether oxygens (including phenoxy) is 1. The van der Waals surface area contributed by atoms with Crippen molar-refractivity contribution in [2.45, 2.75) is 44.6 Å². The molecule has 0 radical (unpaired) electrons. The van der Waals surface area contributed by atoms with E-state index < -0.39 is 26.6 Å². The van der Waals surface area contributed by atoms with Gasteiger partial charge in [-0.25, -0.2) is 18.4 Å². The molecule has 0 aliphatic rings. The number of benzene rings is 1. The number of carbonyl (C=O) groups is 1. The third-order valence-corrected chi connectivity index (χ3v) is 3.77. The second-order valence-corrected chi connectivity index (χ2v) is 7.62. The first kappa shape index (κ1) is 19.8. The number of amides is 1. The third kappa shape index (κ3) is 5.17. The highest BCUT2D eigenvalue weighted by Crippen LogP contribution is 2.30. The number of nitrogens with zero attached hydrogens (tertiary/aromatic N) is 2. The number of nitrogens with two attached hydrogens (primary N) is 1. The molecule has 2 N–H and O–H groups in total. The summed E-state index contributed by atoms with van der Waals surface area (Å²) < 4.78 is 28.8. The quantitative estimate of drug-likeness (QED) is 0.634. The molecule has 1 aromatic carbocycles. The summed E-state index contributed by atoms with van der Waals surface area (Å²) in [5.74, 6) is 0. The second kappa shape index (κ2) is 7.14. The molecule has 0 atom stereocenters. The molecule has 0 spiro atoms. The van der Waals surface area contributed by atoms with Crippen LogP contribution in [0.25, 0.3) is 0 Å². The van der Waals surface area contributed by atoms with Crippen LogP contribution in [-0.4, -0.2) is 31.6 Å². The second-order valence-electron chi connectivity index (χ2n) is 6.09. The zero-order valence-corrected chi connectivity index (χ0v) is 14.8. The van der Waals surface area contributed by atoms with E-state index >= 15 is 0 Å². The Kier molecular flexibility index (Phi) is 5.90. The van der Waals surface area contributed by atoms with Crippen LogP contribution in [0.5, 0.6) is 0 Å². The summed E-state index contributed by atoms with van der Waals surface area (Å²) >= 11 is 0. The van der Waals surface area contributed by atoms with Crippen LogP contribution in [0.15, 0.2) is 23.1 Å². The van der Waals surface area contributed by atoms with Gasteiger partial charge in [0.2, 0.25) is 10.0 Å². The van der Waals surface area contributed by atoms with Crippen molar-refractivity contribution in [3.05, 3.63) is 28.3 Å². The van der Waals surface area contributed by atoms with Crippen LogP contribution in [0.1, 0.15) is 34.1 Å². The van der Waals surface area contributed by atoms with Gasteiger partial charge in [-0.05, 0) is 33.3 Å². The molecule has 134 valence electrons. The Balaban J connectivity index is 3.52. The van der Waals surface area contributed by atoms with Crippen molar-refractivity contribution in [2.24, 2.45) is 5.14 Å². The first-order valence-corrected chi connectivity index (χ1v) is 8.73. The van der Waals surface area contributed by atoms with E-state index in [0.717, 1.165) is 23.1 Å². The van der Waals surface area contributed by atoms with Crippen molar-refractivity contribution in [1.82, 2.24) is 0 Å². The minimum atomic E-state index is -4.19. The van der Waals surface area contributed by atoms with E-state index in [-0.39, 0.29) is 22.8 Å². The fourth-order valence-electron chi connectivity index (χ4n) is 1.92. The van der Waals surface area contributed by atoms with Gasteiger partial charge in [-0.1, -0.05) is 6.92 Å². The fraction of sp³-hybridized carbons (Fsp3) is 0.500. The summed E-state index contributed by atoms with van der Waals surface area (Å²) in [6, 6.07) is 3.03. The maximum atomic E-state index is 12.4. The molecule has 0 unspecified atom stereocenters. The standard InChI is InChI=1S/C14H21N3O6S/c1-5-8-16(13(18)23-14(2,3)4)11-9-10(17(19)20)6-7-12(11)24(15,21)22/h6-7,9H,5,8H2,1-4H3,(H2,15,21,22). The third-order valence-electron chi connectivity index (χ3n) is 2.81. The van der Waals surface area contributed by atoms with Crippen molar-refractivity contribution in [3.8, 4) is 0 Å². The molecule has 1 aromatic rings. The SMILES string of the molecule is CCCN(C(=O)OC(C)(C)C)c1cc([N+](=O)[O-])ccc1S(N)(=O)=O. The van der Waals surface area contributed by atoms with Crippen LogP contribution in [0.2, 0.25) is 0 Å². The lowest BCUT2D eigenvalue weighted by Gasteiger charge is -2.28. The Labute approximate surface area is 140 Å². The van der Waals surface area contributed by atoms with Crippen LogP contribution in [0.3, 0.4) is 0 Å². The molecule has 0 aromatic heterocycles. The van der Waals surface area contributed by atoms with E-state index in [0.29, 0.717) is 6.42 Å². The van der Waals surface area contributed by atoms with E-state index in [1.54, 1.807) is 27.7 Å². The number of non-ortho nitro benzene ring substituents is 1. The number of anilines is 1.